The molecule has 1 amide bonds. The smallest absolute Gasteiger partial charge is 0.223 e. The van der Waals surface area contributed by atoms with Gasteiger partial charge in [0, 0.05) is 24.7 Å². The third kappa shape index (κ3) is 4.41. The van der Waals surface area contributed by atoms with Crippen molar-refractivity contribution in [1.29, 1.82) is 0 Å². The van der Waals surface area contributed by atoms with Gasteiger partial charge in [-0.15, -0.1) is 0 Å². The number of hydrogen-bond acceptors (Lipinski definition) is 2. The van der Waals surface area contributed by atoms with E-state index in [1.165, 1.54) is 16.8 Å². The van der Waals surface area contributed by atoms with Crippen molar-refractivity contribution >= 4 is 11.6 Å². The molecule has 3 heteroatoms. The molecular formula is C22H28N2O. The van der Waals surface area contributed by atoms with E-state index in [0.717, 1.165) is 31.5 Å². The fourth-order valence-corrected chi connectivity index (χ4v) is 3.43. The Morgan fingerprint density at radius 2 is 1.48 bits per heavy atom. The zero-order chi connectivity index (χ0) is 17.8. The molecule has 0 radical (unpaired) electrons. The first-order valence-electron chi connectivity index (χ1n) is 9.21. The molecule has 0 aromatic heterocycles. The van der Waals surface area contributed by atoms with E-state index in [0.29, 0.717) is 0 Å². The largest absolute Gasteiger partial charge is 0.371 e. The van der Waals surface area contributed by atoms with Crippen molar-refractivity contribution in [1.82, 2.24) is 5.32 Å². The Morgan fingerprint density at radius 3 is 2.04 bits per heavy atom. The summed E-state index contributed by atoms with van der Waals surface area (Å²) in [5, 5.41) is 3.19. The predicted molar refractivity (Wildman–Crippen MR) is 104 cm³/mol. The predicted octanol–water partition coefficient (Wildman–Crippen LogP) is 4.40. The van der Waals surface area contributed by atoms with Gasteiger partial charge in [-0.3, -0.25) is 4.79 Å². The summed E-state index contributed by atoms with van der Waals surface area (Å²) in [5.74, 6) is 0.311. The van der Waals surface area contributed by atoms with Crippen molar-refractivity contribution in [2.45, 2.75) is 39.7 Å². The SMILES string of the molecule is Cc1ccc(C(C)NC(=O)C2CCN(c3ccc(C)cc3)CC2)cc1. The van der Waals surface area contributed by atoms with Gasteiger partial charge in [-0.2, -0.15) is 0 Å². The number of nitrogens with one attached hydrogen (secondary N) is 1. The average Bonchev–Trinajstić information content (AvgIpc) is 2.63. The lowest BCUT2D eigenvalue weighted by Crippen LogP contribution is -2.41. The first kappa shape index (κ1) is 17.5. The van der Waals surface area contributed by atoms with Gasteiger partial charge in [0.15, 0.2) is 0 Å². The van der Waals surface area contributed by atoms with Crippen molar-refractivity contribution < 1.29 is 4.79 Å². The second-order valence-electron chi connectivity index (χ2n) is 7.24. The number of hydrogen-bond donors (Lipinski definition) is 1. The fraction of sp³-hybridized carbons (Fsp3) is 0.409. The van der Waals surface area contributed by atoms with Crippen LogP contribution in [0.15, 0.2) is 48.5 Å². The lowest BCUT2D eigenvalue weighted by atomic mass is 9.94. The number of anilines is 1. The summed E-state index contributed by atoms with van der Waals surface area (Å²) in [6.45, 7) is 8.13. The topological polar surface area (TPSA) is 32.3 Å². The van der Waals surface area contributed by atoms with Gasteiger partial charge >= 0.3 is 0 Å². The van der Waals surface area contributed by atoms with Crippen molar-refractivity contribution in [3.05, 3.63) is 65.2 Å². The molecule has 3 nitrogen and oxygen atoms in total. The Kier molecular flexibility index (Phi) is 5.42. The number of carbonyl (C=O) groups excluding carboxylic acids is 1. The average molecular weight is 336 g/mol. The maximum absolute atomic E-state index is 12.6. The summed E-state index contributed by atoms with van der Waals surface area (Å²) < 4.78 is 0. The zero-order valence-electron chi connectivity index (χ0n) is 15.5. The summed E-state index contributed by atoms with van der Waals surface area (Å²) in [6, 6.07) is 17.1. The lowest BCUT2D eigenvalue weighted by molar-refractivity contribution is -0.126. The molecule has 0 saturated carbocycles. The van der Waals surface area contributed by atoms with Gasteiger partial charge in [0.05, 0.1) is 6.04 Å². The highest BCUT2D eigenvalue weighted by molar-refractivity contribution is 5.79. The summed E-state index contributed by atoms with van der Waals surface area (Å²) in [6.07, 6.45) is 1.83. The standard InChI is InChI=1S/C22H28N2O/c1-16-4-8-19(9-5-16)18(3)23-22(25)20-12-14-24(15-13-20)21-10-6-17(2)7-11-21/h4-11,18,20H,12-15H2,1-3H3,(H,23,25). The zero-order valence-corrected chi connectivity index (χ0v) is 15.5. The van der Waals surface area contributed by atoms with Crippen molar-refractivity contribution in [3.8, 4) is 0 Å². The molecule has 1 aliphatic heterocycles. The maximum Gasteiger partial charge on any atom is 0.223 e. The Morgan fingerprint density at radius 1 is 0.960 bits per heavy atom. The van der Waals surface area contributed by atoms with Gasteiger partial charge in [0.25, 0.3) is 0 Å². The molecule has 2 aromatic carbocycles. The van der Waals surface area contributed by atoms with E-state index in [-0.39, 0.29) is 17.9 Å². The van der Waals surface area contributed by atoms with Crippen molar-refractivity contribution in [3.63, 3.8) is 0 Å². The van der Waals surface area contributed by atoms with Gasteiger partial charge in [-0.05, 0) is 51.3 Å². The van der Waals surface area contributed by atoms with Crippen LogP contribution in [0.25, 0.3) is 0 Å². The van der Waals surface area contributed by atoms with E-state index in [1.807, 2.05) is 0 Å². The molecule has 0 spiro atoms. The molecule has 1 saturated heterocycles. The van der Waals surface area contributed by atoms with Crippen LogP contribution >= 0.6 is 0 Å². The fourth-order valence-electron chi connectivity index (χ4n) is 3.43. The minimum atomic E-state index is 0.0585. The van der Waals surface area contributed by atoms with E-state index in [4.69, 9.17) is 0 Å². The van der Waals surface area contributed by atoms with E-state index >= 15 is 0 Å². The molecule has 1 heterocycles. The van der Waals surface area contributed by atoms with E-state index in [9.17, 15) is 4.79 Å². The second kappa shape index (κ2) is 7.73. The highest BCUT2D eigenvalue weighted by Gasteiger charge is 2.26. The molecule has 2 aromatic rings. The number of nitrogens with zero attached hydrogens (tertiary/aromatic N) is 1. The second-order valence-corrected chi connectivity index (χ2v) is 7.24. The minimum Gasteiger partial charge on any atom is -0.371 e. The molecule has 3 rings (SSSR count). The van der Waals surface area contributed by atoms with Crippen LogP contribution in [0, 0.1) is 19.8 Å². The highest BCUT2D eigenvalue weighted by atomic mass is 16.1. The van der Waals surface area contributed by atoms with Crippen molar-refractivity contribution in [2.24, 2.45) is 5.92 Å². The number of aryl methyl sites for hydroxylation is 2. The Labute approximate surface area is 151 Å². The third-order valence-electron chi connectivity index (χ3n) is 5.20. The van der Waals surface area contributed by atoms with Crippen LogP contribution in [0.5, 0.6) is 0 Å². The Bertz CT molecular complexity index is 698. The van der Waals surface area contributed by atoms with Crippen LogP contribution in [-0.4, -0.2) is 19.0 Å². The summed E-state index contributed by atoms with van der Waals surface area (Å²) in [5.41, 5.74) is 4.95. The summed E-state index contributed by atoms with van der Waals surface area (Å²) in [4.78, 5) is 15.0. The summed E-state index contributed by atoms with van der Waals surface area (Å²) >= 11 is 0. The van der Waals surface area contributed by atoms with Crippen LogP contribution in [0.1, 0.15) is 42.5 Å². The molecular weight excluding hydrogens is 308 g/mol. The maximum atomic E-state index is 12.6. The Hall–Kier alpha value is -2.29. The minimum absolute atomic E-state index is 0.0585. The van der Waals surface area contributed by atoms with Crippen LogP contribution in [0.3, 0.4) is 0 Å². The Balaban J connectivity index is 1.52. The van der Waals surface area contributed by atoms with Crippen molar-refractivity contribution in [2.75, 3.05) is 18.0 Å². The van der Waals surface area contributed by atoms with Gasteiger partial charge < -0.3 is 10.2 Å². The molecule has 1 unspecified atom stereocenters. The third-order valence-corrected chi connectivity index (χ3v) is 5.20. The van der Waals surface area contributed by atoms with Crippen LogP contribution in [-0.2, 0) is 4.79 Å². The molecule has 0 bridgehead atoms. The molecule has 0 aliphatic carbocycles. The van der Waals surface area contributed by atoms with Gasteiger partial charge in [-0.25, -0.2) is 0 Å². The molecule has 25 heavy (non-hydrogen) atoms. The van der Waals surface area contributed by atoms with E-state index < -0.39 is 0 Å². The highest BCUT2D eigenvalue weighted by Crippen LogP contribution is 2.24. The first-order valence-corrected chi connectivity index (χ1v) is 9.21. The monoisotopic (exact) mass is 336 g/mol. The summed E-state index contributed by atoms with van der Waals surface area (Å²) in [7, 11) is 0. The molecule has 1 atom stereocenters. The van der Waals surface area contributed by atoms with Gasteiger partial charge in [0.1, 0.15) is 0 Å². The van der Waals surface area contributed by atoms with E-state index in [1.54, 1.807) is 0 Å². The van der Waals surface area contributed by atoms with E-state index in [2.05, 4.69) is 79.5 Å². The normalized spacial score (nSPS) is 16.5. The number of piperidine rings is 1. The number of benzene rings is 2. The molecule has 1 fully saturated rings. The van der Waals surface area contributed by atoms with Gasteiger partial charge in [0.2, 0.25) is 5.91 Å². The number of carbonyl (C=O) groups is 1. The lowest BCUT2D eigenvalue weighted by Gasteiger charge is -2.33. The van der Waals surface area contributed by atoms with Crippen LogP contribution in [0.2, 0.25) is 0 Å². The molecule has 1 aliphatic rings. The van der Waals surface area contributed by atoms with Crippen LogP contribution < -0.4 is 10.2 Å². The molecule has 1 N–H and O–H groups in total. The quantitative estimate of drug-likeness (QED) is 0.897. The number of amides is 1. The first-order chi connectivity index (χ1) is 12.0. The van der Waals surface area contributed by atoms with Crippen LogP contribution in [0.4, 0.5) is 5.69 Å². The number of rotatable bonds is 4. The molecule has 132 valence electrons. The van der Waals surface area contributed by atoms with Gasteiger partial charge in [-0.1, -0.05) is 47.5 Å².